The lowest BCUT2D eigenvalue weighted by Gasteiger charge is -2.22. The summed E-state index contributed by atoms with van der Waals surface area (Å²) in [6, 6.07) is 0. The number of anilines is 1. The molecule has 7 nitrogen and oxygen atoms in total. The summed E-state index contributed by atoms with van der Waals surface area (Å²) in [5.41, 5.74) is 4.95. The van der Waals surface area contributed by atoms with Gasteiger partial charge in [-0.25, -0.2) is 9.67 Å². The van der Waals surface area contributed by atoms with Crippen molar-refractivity contribution in [1.29, 1.82) is 0 Å². The van der Waals surface area contributed by atoms with Crippen LogP contribution in [0.1, 0.15) is 13.8 Å². The van der Waals surface area contributed by atoms with Crippen LogP contribution >= 0.6 is 0 Å². The summed E-state index contributed by atoms with van der Waals surface area (Å²) in [5, 5.41) is 6.54. The van der Waals surface area contributed by atoms with E-state index in [0.29, 0.717) is 6.54 Å². The molecule has 3 N–H and O–H groups in total. The fourth-order valence-corrected chi connectivity index (χ4v) is 0.972. The largest absolute Gasteiger partial charge is 0.377 e. The second-order valence-electron chi connectivity index (χ2n) is 4.04. The van der Waals surface area contributed by atoms with E-state index in [1.165, 1.54) is 11.0 Å². The Morgan fingerprint density at radius 3 is 2.88 bits per heavy atom. The van der Waals surface area contributed by atoms with Crippen molar-refractivity contribution in [3.05, 3.63) is 6.33 Å². The van der Waals surface area contributed by atoms with E-state index in [9.17, 15) is 4.79 Å². The van der Waals surface area contributed by atoms with Gasteiger partial charge in [0.1, 0.15) is 12.9 Å². The van der Waals surface area contributed by atoms with Gasteiger partial charge in [0, 0.05) is 13.7 Å². The molecular weight excluding hydrogens is 210 g/mol. The molecule has 1 aromatic heterocycles. The summed E-state index contributed by atoms with van der Waals surface area (Å²) in [6.45, 7) is 4.32. The van der Waals surface area contributed by atoms with Crippen LogP contribution in [0, 0.1) is 0 Å². The van der Waals surface area contributed by atoms with Crippen LogP contribution in [-0.2, 0) is 16.1 Å². The van der Waals surface area contributed by atoms with E-state index in [0.717, 1.165) is 0 Å². The van der Waals surface area contributed by atoms with Crippen molar-refractivity contribution in [3.8, 4) is 0 Å². The van der Waals surface area contributed by atoms with Crippen molar-refractivity contribution in [2.75, 3.05) is 19.4 Å². The number of carbonyl (C=O) groups excluding carboxylic acids is 1. The third kappa shape index (κ3) is 3.85. The number of methoxy groups -OCH3 is 1. The lowest BCUT2D eigenvalue weighted by molar-refractivity contribution is -0.123. The Balaban J connectivity index is 2.37. The summed E-state index contributed by atoms with van der Waals surface area (Å²) in [5.74, 6) is 0.0000430. The first-order chi connectivity index (χ1) is 7.43. The zero-order chi connectivity index (χ0) is 12.2. The molecule has 0 atom stereocenters. The van der Waals surface area contributed by atoms with Gasteiger partial charge in [-0.2, -0.15) is 0 Å². The molecule has 0 saturated carbocycles. The van der Waals surface area contributed by atoms with Gasteiger partial charge in [0.15, 0.2) is 0 Å². The molecule has 7 heteroatoms. The maximum absolute atomic E-state index is 11.5. The molecular formula is C9H17N5O2. The molecule has 0 fully saturated rings. The van der Waals surface area contributed by atoms with Crippen molar-refractivity contribution in [1.82, 2.24) is 20.1 Å². The number of nitrogens with zero attached hydrogens (tertiary/aromatic N) is 3. The van der Waals surface area contributed by atoms with Crippen LogP contribution in [0.25, 0.3) is 0 Å². The third-order valence-corrected chi connectivity index (χ3v) is 2.12. The van der Waals surface area contributed by atoms with Gasteiger partial charge < -0.3 is 15.8 Å². The molecule has 1 rings (SSSR count). The molecule has 0 saturated heterocycles. The Kier molecular flexibility index (Phi) is 3.83. The van der Waals surface area contributed by atoms with Gasteiger partial charge in [-0.1, -0.05) is 0 Å². The van der Waals surface area contributed by atoms with Gasteiger partial charge in [0.2, 0.25) is 11.9 Å². The number of nitrogens with one attached hydrogen (secondary N) is 1. The minimum absolute atomic E-state index is 0.101. The Morgan fingerprint density at radius 2 is 2.38 bits per heavy atom. The molecule has 0 radical (unpaired) electrons. The zero-order valence-corrected chi connectivity index (χ0v) is 9.73. The predicted octanol–water partition coefficient (Wildman–Crippen LogP) is -0.598. The number of hydrogen-bond acceptors (Lipinski definition) is 5. The van der Waals surface area contributed by atoms with Crippen molar-refractivity contribution in [3.63, 3.8) is 0 Å². The topological polar surface area (TPSA) is 95.1 Å². The first kappa shape index (κ1) is 12.4. The molecule has 1 heterocycles. The highest BCUT2D eigenvalue weighted by Gasteiger charge is 2.17. The van der Waals surface area contributed by atoms with Crippen LogP contribution < -0.4 is 11.1 Å². The maximum Gasteiger partial charge on any atom is 0.241 e. The van der Waals surface area contributed by atoms with Gasteiger partial charge in [-0.05, 0) is 13.8 Å². The SMILES string of the molecule is COC(C)(C)CNC(=O)Cn1cnc(N)n1. The number of amides is 1. The number of nitrogen functional groups attached to an aromatic ring is 1. The average Bonchev–Trinajstić information content (AvgIpc) is 2.61. The quantitative estimate of drug-likeness (QED) is 0.700. The minimum atomic E-state index is -0.378. The molecule has 0 aliphatic rings. The van der Waals surface area contributed by atoms with Crippen LogP contribution in [0.5, 0.6) is 0 Å². The summed E-state index contributed by atoms with van der Waals surface area (Å²) < 4.78 is 6.55. The highest BCUT2D eigenvalue weighted by Crippen LogP contribution is 2.04. The number of aromatic nitrogens is 3. The Hall–Kier alpha value is -1.63. The Labute approximate surface area is 94.0 Å². The van der Waals surface area contributed by atoms with Crippen molar-refractivity contribution in [2.45, 2.75) is 26.0 Å². The fourth-order valence-electron chi connectivity index (χ4n) is 0.972. The van der Waals surface area contributed by atoms with Gasteiger partial charge >= 0.3 is 0 Å². The molecule has 1 aromatic rings. The number of carbonyl (C=O) groups is 1. The molecule has 16 heavy (non-hydrogen) atoms. The van der Waals surface area contributed by atoms with Crippen LogP contribution in [-0.4, -0.2) is 39.9 Å². The first-order valence-corrected chi connectivity index (χ1v) is 4.90. The van der Waals surface area contributed by atoms with E-state index in [4.69, 9.17) is 10.5 Å². The first-order valence-electron chi connectivity index (χ1n) is 4.90. The maximum atomic E-state index is 11.5. The van der Waals surface area contributed by atoms with Gasteiger partial charge in [0.25, 0.3) is 0 Å². The van der Waals surface area contributed by atoms with Crippen molar-refractivity contribution in [2.24, 2.45) is 0 Å². The third-order valence-electron chi connectivity index (χ3n) is 2.12. The molecule has 90 valence electrons. The van der Waals surface area contributed by atoms with Gasteiger partial charge in [-0.3, -0.25) is 4.79 Å². The van der Waals surface area contributed by atoms with Gasteiger partial charge in [-0.15, -0.1) is 5.10 Å². The average molecular weight is 227 g/mol. The molecule has 1 amide bonds. The van der Waals surface area contributed by atoms with Crippen LogP contribution in [0.15, 0.2) is 6.33 Å². The number of ether oxygens (including phenoxy) is 1. The number of nitrogens with two attached hydrogens (primary N) is 1. The summed E-state index contributed by atoms with van der Waals surface area (Å²) in [4.78, 5) is 15.2. The Morgan fingerprint density at radius 1 is 1.69 bits per heavy atom. The predicted molar refractivity (Wildman–Crippen MR) is 58.5 cm³/mol. The van der Waals surface area contributed by atoms with E-state index >= 15 is 0 Å². The lowest BCUT2D eigenvalue weighted by Crippen LogP contribution is -2.41. The zero-order valence-electron chi connectivity index (χ0n) is 9.73. The van der Waals surface area contributed by atoms with E-state index in [2.05, 4.69) is 15.4 Å². The van der Waals surface area contributed by atoms with Crippen LogP contribution in [0.2, 0.25) is 0 Å². The van der Waals surface area contributed by atoms with E-state index < -0.39 is 0 Å². The number of rotatable bonds is 5. The second-order valence-corrected chi connectivity index (χ2v) is 4.04. The standard InChI is InChI=1S/C9H17N5O2/c1-9(2,16-3)5-11-7(15)4-14-6-12-8(10)13-14/h6H,4-5H2,1-3H3,(H2,10,13)(H,11,15). The van der Waals surface area contributed by atoms with E-state index in [-0.39, 0.29) is 24.0 Å². The molecule has 0 aromatic carbocycles. The Bertz CT molecular complexity index is 361. The highest BCUT2D eigenvalue weighted by molar-refractivity contribution is 5.75. The number of hydrogen-bond donors (Lipinski definition) is 2. The van der Waals surface area contributed by atoms with E-state index in [1.54, 1.807) is 7.11 Å². The highest BCUT2D eigenvalue weighted by atomic mass is 16.5. The molecule has 0 bridgehead atoms. The smallest absolute Gasteiger partial charge is 0.241 e. The summed E-state index contributed by atoms with van der Waals surface area (Å²) in [7, 11) is 1.60. The van der Waals surface area contributed by atoms with Gasteiger partial charge in [0.05, 0.1) is 5.60 Å². The normalized spacial score (nSPS) is 11.4. The molecule has 0 unspecified atom stereocenters. The monoisotopic (exact) mass is 227 g/mol. The van der Waals surface area contributed by atoms with Crippen LogP contribution in [0.4, 0.5) is 5.95 Å². The molecule has 0 aliphatic carbocycles. The second kappa shape index (κ2) is 4.93. The lowest BCUT2D eigenvalue weighted by atomic mass is 10.1. The van der Waals surface area contributed by atoms with Crippen LogP contribution in [0.3, 0.4) is 0 Å². The van der Waals surface area contributed by atoms with Crippen molar-refractivity contribution < 1.29 is 9.53 Å². The summed E-state index contributed by atoms with van der Waals surface area (Å²) >= 11 is 0. The molecule has 0 aliphatic heterocycles. The summed E-state index contributed by atoms with van der Waals surface area (Å²) in [6.07, 6.45) is 1.41. The minimum Gasteiger partial charge on any atom is -0.377 e. The molecule has 0 spiro atoms. The van der Waals surface area contributed by atoms with Crippen molar-refractivity contribution >= 4 is 11.9 Å². The fraction of sp³-hybridized carbons (Fsp3) is 0.667. The van der Waals surface area contributed by atoms with E-state index in [1.807, 2.05) is 13.8 Å².